The van der Waals surface area contributed by atoms with Gasteiger partial charge in [-0.1, -0.05) is 150 Å². The van der Waals surface area contributed by atoms with Gasteiger partial charge >= 0.3 is 0 Å². The number of unbranched alkanes of at least 4 members (excludes halogenated alkanes) is 8. The smallest absolute Gasteiger partial charge is 0.220 e. The summed E-state index contributed by atoms with van der Waals surface area (Å²) in [5.41, 5.74) is 0. The highest BCUT2D eigenvalue weighted by Gasteiger charge is 2.51. The SMILES string of the molecule is CC/C=C\C/C=C\C/C=C\C/C=C\C/C=C\C/C=C\C/C=C\CCCCCCCCCC(=O)NC(COC1OC(CO)C(OC2OC(CO)C(O)C(O)C2O)C(O)C1O)C(O)/C=C/CCC. The molecule has 66 heavy (non-hydrogen) atoms. The van der Waals surface area contributed by atoms with Crippen molar-refractivity contribution < 1.29 is 64.6 Å². The van der Waals surface area contributed by atoms with Crippen molar-refractivity contribution in [1.29, 1.82) is 0 Å². The number of amides is 1. The Bertz CT molecular complexity index is 1470. The van der Waals surface area contributed by atoms with Gasteiger partial charge in [-0.2, -0.15) is 0 Å². The average molecular weight is 932 g/mol. The second-order valence-electron chi connectivity index (χ2n) is 16.9. The molecule has 0 aliphatic carbocycles. The van der Waals surface area contributed by atoms with Crippen LogP contribution in [0.5, 0.6) is 0 Å². The molecule has 1 amide bonds. The lowest BCUT2D eigenvalue weighted by atomic mass is 9.97. The Morgan fingerprint density at radius 1 is 0.561 bits per heavy atom. The number of allylic oxidation sites excluding steroid dienone is 15. The van der Waals surface area contributed by atoms with Crippen LogP contribution in [0.2, 0.25) is 0 Å². The second kappa shape index (κ2) is 37.8. The molecule has 2 aliphatic heterocycles. The van der Waals surface area contributed by atoms with E-state index < -0.39 is 86.8 Å². The van der Waals surface area contributed by atoms with Crippen LogP contribution in [0.4, 0.5) is 0 Å². The first-order valence-electron chi connectivity index (χ1n) is 24.5. The van der Waals surface area contributed by atoms with Crippen LogP contribution in [0.25, 0.3) is 0 Å². The van der Waals surface area contributed by atoms with Crippen LogP contribution in [-0.4, -0.2) is 140 Å². The molecule has 2 rings (SSSR count). The van der Waals surface area contributed by atoms with Gasteiger partial charge in [-0.3, -0.25) is 4.79 Å². The molecule has 14 nitrogen and oxygen atoms in total. The van der Waals surface area contributed by atoms with Crippen molar-refractivity contribution in [2.75, 3.05) is 19.8 Å². The predicted octanol–water partition coefficient (Wildman–Crippen LogP) is 5.98. The third kappa shape index (κ3) is 24.8. The number of nitrogens with one attached hydrogen (secondary N) is 1. The molecule has 0 spiro atoms. The fourth-order valence-corrected chi connectivity index (χ4v) is 7.27. The van der Waals surface area contributed by atoms with Crippen molar-refractivity contribution in [1.82, 2.24) is 5.32 Å². The molecule has 0 aromatic rings. The average Bonchev–Trinajstić information content (AvgIpc) is 3.31. The Morgan fingerprint density at radius 3 is 1.58 bits per heavy atom. The molecule has 0 aromatic carbocycles. The van der Waals surface area contributed by atoms with Crippen LogP contribution in [0.15, 0.2) is 97.2 Å². The summed E-state index contributed by atoms with van der Waals surface area (Å²) in [6, 6.07) is -0.922. The van der Waals surface area contributed by atoms with E-state index in [4.69, 9.17) is 18.9 Å². The minimum Gasteiger partial charge on any atom is -0.394 e. The van der Waals surface area contributed by atoms with Gasteiger partial charge in [0.15, 0.2) is 12.6 Å². The number of hydrogen-bond donors (Lipinski definition) is 9. The summed E-state index contributed by atoms with van der Waals surface area (Å²) in [7, 11) is 0. The van der Waals surface area contributed by atoms with E-state index in [-0.39, 0.29) is 18.9 Å². The lowest BCUT2D eigenvalue weighted by molar-refractivity contribution is -0.359. The number of carbonyl (C=O) groups excluding carboxylic acids is 1. The molecule has 2 aliphatic rings. The van der Waals surface area contributed by atoms with Gasteiger partial charge in [0, 0.05) is 6.42 Å². The number of carbonyl (C=O) groups is 1. The molecule has 2 heterocycles. The van der Waals surface area contributed by atoms with Gasteiger partial charge in [0.1, 0.15) is 48.8 Å². The first kappa shape index (κ1) is 59.0. The van der Waals surface area contributed by atoms with Gasteiger partial charge in [-0.05, 0) is 70.6 Å². The van der Waals surface area contributed by atoms with Gasteiger partial charge in [-0.25, -0.2) is 0 Å². The topological polar surface area (TPSA) is 228 Å². The fraction of sp³-hybridized carbons (Fsp3) is 0.673. The van der Waals surface area contributed by atoms with Gasteiger partial charge in [0.2, 0.25) is 5.91 Å². The maximum Gasteiger partial charge on any atom is 0.220 e. The van der Waals surface area contributed by atoms with E-state index in [2.05, 4.69) is 97.3 Å². The number of hydrogen-bond acceptors (Lipinski definition) is 13. The fourth-order valence-electron chi connectivity index (χ4n) is 7.27. The highest BCUT2D eigenvalue weighted by atomic mass is 16.7. The van der Waals surface area contributed by atoms with E-state index in [0.29, 0.717) is 12.8 Å². The molecular weight excluding hydrogens is 847 g/mol. The molecule has 0 bridgehead atoms. The van der Waals surface area contributed by atoms with Crippen molar-refractivity contribution in [2.24, 2.45) is 0 Å². The van der Waals surface area contributed by atoms with Crippen LogP contribution in [0, 0.1) is 0 Å². The van der Waals surface area contributed by atoms with Gasteiger partial charge in [0.25, 0.3) is 0 Å². The number of ether oxygens (including phenoxy) is 4. The minimum absolute atomic E-state index is 0.258. The standard InChI is InChI=1S/C52H85NO13/c1-3-5-7-8-9-10-11-12-13-14-15-16-17-18-19-20-21-22-23-24-25-26-27-28-29-30-31-32-34-36-44(57)53-40(41(56)35-33-6-4-2)39-63-51-49(62)47(60)50(43(38-55)65-51)66-52-48(61)46(59)45(58)42(37-54)64-52/h5,7,9-10,12-13,15-16,18-19,21-22,24-25,33,35,40-43,45-52,54-56,58-62H,3-4,6,8,11,14,17,20,23,26-32,34,36-39H2,1-2H3,(H,53,57)/b7-5-,10-9-,13-12-,16-15-,19-18-,22-21-,25-24-,35-33+. The molecule has 2 fully saturated rings. The molecule has 12 atom stereocenters. The lowest BCUT2D eigenvalue weighted by Gasteiger charge is -2.46. The van der Waals surface area contributed by atoms with E-state index >= 15 is 0 Å². The van der Waals surface area contributed by atoms with E-state index in [9.17, 15) is 45.6 Å². The molecule has 14 heteroatoms. The molecule has 0 radical (unpaired) electrons. The maximum absolute atomic E-state index is 13.0. The molecular formula is C52H85NO13. The number of rotatable bonds is 35. The van der Waals surface area contributed by atoms with Crippen LogP contribution in [0.1, 0.15) is 129 Å². The Kier molecular flexibility index (Phi) is 33.8. The van der Waals surface area contributed by atoms with E-state index in [1.165, 1.54) is 0 Å². The minimum atomic E-state index is -1.79. The third-order valence-electron chi connectivity index (χ3n) is 11.3. The third-order valence-corrected chi connectivity index (χ3v) is 11.3. The van der Waals surface area contributed by atoms with Gasteiger partial charge < -0.3 is 65.1 Å². The molecule has 376 valence electrons. The molecule has 9 N–H and O–H groups in total. The van der Waals surface area contributed by atoms with Crippen LogP contribution in [-0.2, 0) is 23.7 Å². The summed E-state index contributed by atoms with van der Waals surface area (Å²) in [5.74, 6) is -0.270. The first-order valence-corrected chi connectivity index (χ1v) is 24.5. The largest absolute Gasteiger partial charge is 0.394 e. The normalized spacial score (nSPS) is 27.7. The van der Waals surface area contributed by atoms with Crippen LogP contribution < -0.4 is 5.32 Å². The van der Waals surface area contributed by atoms with Gasteiger partial charge in [-0.15, -0.1) is 0 Å². The molecule has 12 unspecified atom stereocenters. The summed E-state index contributed by atoms with van der Waals surface area (Å²) in [6.45, 7) is 2.40. The van der Waals surface area contributed by atoms with Gasteiger partial charge in [0.05, 0.1) is 32.0 Å². The van der Waals surface area contributed by atoms with Crippen molar-refractivity contribution >= 4 is 5.91 Å². The van der Waals surface area contributed by atoms with E-state index in [1.54, 1.807) is 12.2 Å². The number of aliphatic hydroxyl groups excluding tert-OH is 8. The first-order chi connectivity index (χ1) is 32.1. The Balaban J connectivity index is 1.62. The van der Waals surface area contributed by atoms with Crippen LogP contribution in [0.3, 0.4) is 0 Å². The molecule has 2 saturated heterocycles. The van der Waals surface area contributed by atoms with E-state index in [0.717, 1.165) is 96.3 Å². The quantitative estimate of drug-likeness (QED) is 0.0264. The molecule has 0 aromatic heterocycles. The van der Waals surface area contributed by atoms with Crippen molar-refractivity contribution in [3.05, 3.63) is 97.2 Å². The van der Waals surface area contributed by atoms with Crippen LogP contribution >= 0.6 is 0 Å². The molecule has 0 saturated carbocycles. The summed E-state index contributed by atoms with van der Waals surface area (Å²) >= 11 is 0. The Hall–Kier alpha value is -3.09. The van der Waals surface area contributed by atoms with E-state index in [1.807, 2.05) is 6.92 Å². The highest BCUT2D eigenvalue weighted by Crippen LogP contribution is 2.30. The summed E-state index contributed by atoms with van der Waals surface area (Å²) in [4.78, 5) is 13.0. The Morgan fingerprint density at radius 2 is 1.05 bits per heavy atom. The Labute approximate surface area is 394 Å². The highest BCUT2D eigenvalue weighted by molar-refractivity contribution is 5.76. The maximum atomic E-state index is 13.0. The summed E-state index contributed by atoms with van der Waals surface area (Å²) in [6.07, 6.45) is 34.3. The van der Waals surface area contributed by atoms with Crippen molar-refractivity contribution in [3.8, 4) is 0 Å². The lowest BCUT2D eigenvalue weighted by Crippen LogP contribution is -2.65. The zero-order chi connectivity index (χ0) is 48.2. The predicted molar refractivity (Wildman–Crippen MR) is 258 cm³/mol. The van der Waals surface area contributed by atoms with Crippen molar-refractivity contribution in [3.63, 3.8) is 0 Å². The zero-order valence-electron chi connectivity index (χ0n) is 39.6. The monoisotopic (exact) mass is 932 g/mol. The van der Waals surface area contributed by atoms with Crippen molar-refractivity contribution in [2.45, 2.75) is 203 Å². The zero-order valence-corrected chi connectivity index (χ0v) is 39.6. The summed E-state index contributed by atoms with van der Waals surface area (Å²) in [5, 5.41) is 85.8. The number of aliphatic hydroxyl groups is 8. The summed E-state index contributed by atoms with van der Waals surface area (Å²) < 4.78 is 22.4. The second-order valence-corrected chi connectivity index (χ2v) is 16.9.